The van der Waals surface area contributed by atoms with E-state index in [0.717, 1.165) is 17.0 Å². The van der Waals surface area contributed by atoms with Gasteiger partial charge in [0.2, 0.25) is 5.91 Å². The number of hydrogen-bond donors (Lipinski definition) is 2. The number of allylic oxidation sites excluding steroid dienone is 1. The van der Waals surface area contributed by atoms with Gasteiger partial charge in [-0.25, -0.2) is 0 Å². The topological polar surface area (TPSA) is 58.2 Å². The maximum atomic E-state index is 12.4. The van der Waals surface area contributed by atoms with Crippen LogP contribution in [0, 0.1) is 5.92 Å². The van der Waals surface area contributed by atoms with Crippen molar-refractivity contribution >= 4 is 28.2 Å². The predicted octanol–water partition coefficient (Wildman–Crippen LogP) is 4.04. The summed E-state index contributed by atoms with van der Waals surface area (Å²) in [6.45, 7) is 3.49. The SMILES string of the molecule is CC(C)C(N/C=C/C(=O)C(F)(F)F)C(=O)Nc1ccc2ccccc2c1. The number of amides is 1. The van der Waals surface area contributed by atoms with E-state index in [2.05, 4.69) is 10.6 Å². The molecule has 1 atom stereocenters. The van der Waals surface area contributed by atoms with Crippen molar-refractivity contribution in [2.45, 2.75) is 26.1 Å². The van der Waals surface area contributed by atoms with E-state index in [1.165, 1.54) is 0 Å². The Morgan fingerprint density at radius 1 is 1.04 bits per heavy atom. The number of anilines is 1. The standard InChI is InChI=1S/C19H19F3N2O2/c1-12(2)17(23-10-9-16(25)19(20,21)22)18(26)24-15-8-7-13-5-3-4-6-14(13)11-15/h3-12,17,23H,1-2H3,(H,24,26)/b10-9+. The molecule has 4 nitrogen and oxygen atoms in total. The van der Waals surface area contributed by atoms with Crippen LogP contribution in [0.15, 0.2) is 54.7 Å². The van der Waals surface area contributed by atoms with E-state index in [4.69, 9.17) is 0 Å². The zero-order valence-corrected chi connectivity index (χ0v) is 14.3. The first-order valence-electron chi connectivity index (χ1n) is 8.02. The fraction of sp³-hybridized carbons (Fsp3) is 0.263. The Morgan fingerprint density at radius 3 is 2.31 bits per heavy atom. The lowest BCUT2D eigenvalue weighted by Gasteiger charge is -2.20. The normalized spacial score (nSPS) is 13.2. The molecule has 0 radical (unpaired) electrons. The van der Waals surface area contributed by atoms with Gasteiger partial charge in [-0.2, -0.15) is 13.2 Å². The van der Waals surface area contributed by atoms with Crippen LogP contribution in [-0.2, 0) is 9.59 Å². The van der Waals surface area contributed by atoms with Gasteiger partial charge >= 0.3 is 6.18 Å². The Morgan fingerprint density at radius 2 is 1.69 bits per heavy atom. The van der Waals surface area contributed by atoms with Crippen LogP contribution in [0.4, 0.5) is 18.9 Å². The summed E-state index contributed by atoms with van der Waals surface area (Å²) in [7, 11) is 0. The average molecular weight is 364 g/mol. The molecule has 2 N–H and O–H groups in total. The first-order valence-corrected chi connectivity index (χ1v) is 8.02. The number of carbonyl (C=O) groups is 2. The van der Waals surface area contributed by atoms with Crippen molar-refractivity contribution in [3.05, 3.63) is 54.7 Å². The molecule has 0 heterocycles. The molecular weight excluding hydrogens is 345 g/mol. The van der Waals surface area contributed by atoms with E-state index in [1.54, 1.807) is 19.9 Å². The van der Waals surface area contributed by atoms with Crippen LogP contribution in [0.25, 0.3) is 10.8 Å². The maximum absolute atomic E-state index is 12.4. The van der Waals surface area contributed by atoms with Gasteiger partial charge in [-0.1, -0.05) is 44.2 Å². The highest BCUT2D eigenvalue weighted by molar-refractivity contribution is 5.98. The summed E-state index contributed by atoms with van der Waals surface area (Å²) in [5.74, 6) is -2.59. The quantitative estimate of drug-likeness (QED) is 0.761. The molecule has 0 fully saturated rings. The number of rotatable bonds is 6. The summed E-state index contributed by atoms with van der Waals surface area (Å²) in [4.78, 5) is 23.3. The monoisotopic (exact) mass is 364 g/mol. The highest BCUT2D eigenvalue weighted by Crippen LogP contribution is 2.19. The number of ketones is 1. The minimum Gasteiger partial charge on any atom is -0.379 e. The van der Waals surface area contributed by atoms with Crippen molar-refractivity contribution in [2.24, 2.45) is 5.92 Å². The Labute approximate surface area is 149 Å². The lowest BCUT2D eigenvalue weighted by atomic mass is 10.0. The number of fused-ring (bicyclic) bond motifs is 1. The fourth-order valence-corrected chi connectivity index (χ4v) is 2.38. The first-order chi connectivity index (χ1) is 12.2. The summed E-state index contributed by atoms with van der Waals surface area (Å²) in [5.41, 5.74) is 0.580. The second-order valence-electron chi connectivity index (χ2n) is 6.13. The Hall–Kier alpha value is -2.83. The summed E-state index contributed by atoms with van der Waals surface area (Å²) >= 11 is 0. The fourth-order valence-electron chi connectivity index (χ4n) is 2.38. The van der Waals surface area contributed by atoms with Gasteiger partial charge in [-0.15, -0.1) is 0 Å². The van der Waals surface area contributed by atoms with Gasteiger partial charge < -0.3 is 10.6 Å². The van der Waals surface area contributed by atoms with Crippen LogP contribution in [-0.4, -0.2) is 23.9 Å². The van der Waals surface area contributed by atoms with Crippen LogP contribution in [0.1, 0.15) is 13.8 Å². The highest BCUT2D eigenvalue weighted by Gasteiger charge is 2.36. The Kier molecular flexibility index (Phi) is 6.02. The molecule has 0 spiro atoms. The summed E-state index contributed by atoms with van der Waals surface area (Å²) < 4.78 is 36.6. The van der Waals surface area contributed by atoms with Crippen LogP contribution in [0.2, 0.25) is 0 Å². The number of benzene rings is 2. The van der Waals surface area contributed by atoms with E-state index in [-0.39, 0.29) is 5.92 Å². The number of carbonyl (C=O) groups excluding carboxylic acids is 2. The molecule has 0 aliphatic rings. The van der Waals surface area contributed by atoms with Gasteiger partial charge in [-0.05, 0) is 28.8 Å². The van der Waals surface area contributed by atoms with Gasteiger partial charge in [0.05, 0.1) is 0 Å². The van der Waals surface area contributed by atoms with Crippen molar-refractivity contribution in [1.29, 1.82) is 0 Å². The van der Waals surface area contributed by atoms with Gasteiger partial charge in [0, 0.05) is 18.0 Å². The summed E-state index contributed by atoms with van der Waals surface area (Å²) in [5, 5.41) is 7.29. The second-order valence-corrected chi connectivity index (χ2v) is 6.13. The lowest BCUT2D eigenvalue weighted by molar-refractivity contribution is -0.165. The third-order valence-electron chi connectivity index (χ3n) is 3.76. The third-order valence-corrected chi connectivity index (χ3v) is 3.76. The summed E-state index contributed by atoms with van der Waals surface area (Å²) in [6, 6.07) is 12.3. The number of nitrogens with one attached hydrogen (secondary N) is 2. The lowest BCUT2D eigenvalue weighted by Crippen LogP contribution is -2.42. The van der Waals surface area contributed by atoms with E-state index in [1.807, 2.05) is 36.4 Å². The molecule has 26 heavy (non-hydrogen) atoms. The minimum atomic E-state index is -4.93. The van der Waals surface area contributed by atoms with Crippen LogP contribution < -0.4 is 10.6 Å². The van der Waals surface area contributed by atoms with Crippen molar-refractivity contribution in [2.75, 3.05) is 5.32 Å². The van der Waals surface area contributed by atoms with Gasteiger partial charge in [-0.3, -0.25) is 9.59 Å². The molecule has 0 aromatic heterocycles. The zero-order chi connectivity index (χ0) is 19.3. The molecule has 0 aliphatic carbocycles. The minimum absolute atomic E-state index is 0.207. The molecule has 2 rings (SSSR count). The highest BCUT2D eigenvalue weighted by atomic mass is 19.4. The van der Waals surface area contributed by atoms with Gasteiger partial charge in [0.15, 0.2) is 0 Å². The van der Waals surface area contributed by atoms with E-state index < -0.39 is 23.9 Å². The molecular formula is C19H19F3N2O2. The molecule has 2 aromatic carbocycles. The molecule has 0 aliphatic heterocycles. The number of halogens is 3. The van der Waals surface area contributed by atoms with Crippen LogP contribution in [0.5, 0.6) is 0 Å². The maximum Gasteiger partial charge on any atom is 0.454 e. The second kappa shape index (κ2) is 8.03. The van der Waals surface area contributed by atoms with Crippen molar-refractivity contribution in [3.63, 3.8) is 0 Å². The zero-order valence-electron chi connectivity index (χ0n) is 14.3. The molecule has 7 heteroatoms. The number of hydrogen-bond acceptors (Lipinski definition) is 3. The Balaban J connectivity index is 2.07. The van der Waals surface area contributed by atoms with Crippen LogP contribution in [0.3, 0.4) is 0 Å². The predicted molar refractivity (Wildman–Crippen MR) is 94.5 cm³/mol. The summed E-state index contributed by atoms with van der Waals surface area (Å²) in [6.07, 6.45) is -3.70. The van der Waals surface area contributed by atoms with Crippen molar-refractivity contribution < 1.29 is 22.8 Å². The van der Waals surface area contributed by atoms with Crippen LogP contribution >= 0.6 is 0 Å². The smallest absolute Gasteiger partial charge is 0.379 e. The Bertz CT molecular complexity index is 829. The van der Waals surface area contributed by atoms with Gasteiger partial charge in [0.25, 0.3) is 5.78 Å². The van der Waals surface area contributed by atoms with Crippen molar-refractivity contribution in [3.8, 4) is 0 Å². The third kappa shape index (κ3) is 5.08. The molecule has 138 valence electrons. The number of alkyl halides is 3. The molecule has 1 amide bonds. The molecule has 0 bridgehead atoms. The van der Waals surface area contributed by atoms with E-state index in [9.17, 15) is 22.8 Å². The molecule has 0 saturated carbocycles. The van der Waals surface area contributed by atoms with Gasteiger partial charge in [0.1, 0.15) is 6.04 Å². The van der Waals surface area contributed by atoms with Crippen molar-refractivity contribution in [1.82, 2.24) is 5.32 Å². The first kappa shape index (κ1) is 19.5. The molecule has 1 unspecified atom stereocenters. The van der Waals surface area contributed by atoms with E-state index >= 15 is 0 Å². The molecule has 2 aromatic rings. The largest absolute Gasteiger partial charge is 0.454 e. The van der Waals surface area contributed by atoms with E-state index in [0.29, 0.717) is 11.8 Å². The average Bonchev–Trinajstić information content (AvgIpc) is 2.57. The molecule has 0 saturated heterocycles.